The standard InChI is InChI=1S/C24H23FN4O2S2/c1-14-3-6-20(33-14)17-13-32-24-22(17)23(31)26-21(27-24)12-28-7-9-29(10-8-28)19-5-4-16(15(2)30)11-18(19)25/h3-6,11,13H,7-10,12H2,1-2H3,(H,26,27,31). The molecule has 1 saturated heterocycles. The summed E-state index contributed by atoms with van der Waals surface area (Å²) in [4.78, 5) is 39.3. The number of nitrogens with one attached hydrogen (secondary N) is 1. The number of carbonyl (C=O) groups excluding carboxylic acids is 1. The number of benzene rings is 1. The summed E-state index contributed by atoms with van der Waals surface area (Å²) in [6, 6.07) is 8.76. The molecule has 9 heteroatoms. The number of H-pyrrole nitrogens is 1. The summed E-state index contributed by atoms with van der Waals surface area (Å²) in [5.41, 5.74) is 1.73. The summed E-state index contributed by atoms with van der Waals surface area (Å²) in [5, 5.41) is 2.66. The van der Waals surface area contributed by atoms with Crippen molar-refractivity contribution in [2.75, 3.05) is 31.1 Å². The predicted molar refractivity (Wildman–Crippen MR) is 132 cm³/mol. The zero-order valence-electron chi connectivity index (χ0n) is 18.4. The minimum Gasteiger partial charge on any atom is -0.367 e. The topological polar surface area (TPSA) is 69.3 Å². The Balaban J connectivity index is 1.29. The van der Waals surface area contributed by atoms with E-state index in [1.165, 1.54) is 29.2 Å². The number of nitrogens with zero attached hydrogens (tertiary/aromatic N) is 3. The van der Waals surface area contributed by atoms with Gasteiger partial charge in [-0.3, -0.25) is 14.5 Å². The Morgan fingerprint density at radius 3 is 2.64 bits per heavy atom. The van der Waals surface area contributed by atoms with Gasteiger partial charge >= 0.3 is 0 Å². The maximum absolute atomic E-state index is 14.5. The number of aryl methyl sites for hydroxylation is 1. The molecule has 6 nitrogen and oxygen atoms in total. The van der Waals surface area contributed by atoms with Crippen LogP contribution in [0, 0.1) is 12.7 Å². The number of piperazine rings is 1. The first-order valence-electron chi connectivity index (χ1n) is 10.7. The monoisotopic (exact) mass is 482 g/mol. The van der Waals surface area contributed by atoms with Crippen molar-refractivity contribution >= 4 is 44.4 Å². The van der Waals surface area contributed by atoms with E-state index in [-0.39, 0.29) is 17.2 Å². The van der Waals surface area contributed by atoms with Crippen LogP contribution in [0.4, 0.5) is 10.1 Å². The second kappa shape index (κ2) is 8.81. The maximum Gasteiger partial charge on any atom is 0.260 e. The van der Waals surface area contributed by atoms with Crippen LogP contribution in [-0.4, -0.2) is 46.8 Å². The molecule has 170 valence electrons. The number of Topliss-reactive ketones (excluding diaryl/α,β-unsaturated/α-hetero) is 1. The van der Waals surface area contributed by atoms with Crippen molar-refractivity contribution in [1.82, 2.24) is 14.9 Å². The lowest BCUT2D eigenvalue weighted by molar-refractivity contribution is 0.101. The van der Waals surface area contributed by atoms with Gasteiger partial charge in [0.15, 0.2) is 5.78 Å². The fraction of sp³-hybridized carbons (Fsp3) is 0.292. The molecule has 0 bridgehead atoms. The molecule has 0 aliphatic carbocycles. The maximum atomic E-state index is 14.5. The van der Waals surface area contributed by atoms with Crippen molar-refractivity contribution in [2.45, 2.75) is 20.4 Å². The van der Waals surface area contributed by atoms with Gasteiger partial charge in [0.1, 0.15) is 16.5 Å². The highest BCUT2D eigenvalue weighted by Gasteiger charge is 2.21. The molecule has 5 rings (SSSR count). The molecule has 4 heterocycles. The first-order chi connectivity index (χ1) is 15.9. The summed E-state index contributed by atoms with van der Waals surface area (Å²) in [5.74, 6) is 0.128. The summed E-state index contributed by atoms with van der Waals surface area (Å²) in [7, 11) is 0. The highest BCUT2D eigenvalue weighted by atomic mass is 32.1. The van der Waals surface area contributed by atoms with E-state index in [0.717, 1.165) is 28.4 Å². The molecule has 1 N–H and O–H groups in total. The van der Waals surface area contributed by atoms with E-state index in [4.69, 9.17) is 4.98 Å². The van der Waals surface area contributed by atoms with Crippen LogP contribution >= 0.6 is 22.7 Å². The average molecular weight is 483 g/mol. The molecule has 0 saturated carbocycles. The summed E-state index contributed by atoms with van der Waals surface area (Å²) in [6.45, 7) is 6.78. The number of anilines is 1. The first kappa shape index (κ1) is 21.9. The number of halogens is 1. The normalized spacial score (nSPS) is 14.8. The van der Waals surface area contributed by atoms with Crippen molar-refractivity contribution < 1.29 is 9.18 Å². The van der Waals surface area contributed by atoms with Gasteiger partial charge in [0.2, 0.25) is 0 Å². The quantitative estimate of drug-likeness (QED) is 0.418. The molecular formula is C24H23FN4O2S2. The number of fused-ring (bicyclic) bond motifs is 1. The average Bonchev–Trinajstić information content (AvgIpc) is 3.40. The minimum atomic E-state index is -0.373. The van der Waals surface area contributed by atoms with Crippen LogP contribution in [0.2, 0.25) is 0 Å². The van der Waals surface area contributed by atoms with E-state index in [1.54, 1.807) is 23.5 Å². The van der Waals surface area contributed by atoms with Crippen LogP contribution in [0.5, 0.6) is 0 Å². The van der Waals surface area contributed by atoms with Gasteiger partial charge in [-0.25, -0.2) is 9.37 Å². The molecule has 4 aromatic rings. The fourth-order valence-corrected chi connectivity index (χ4v) is 6.09. The highest BCUT2D eigenvalue weighted by Crippen LogP contribution is 2.35. The molecule has 0 unspecified atom stereocenters. The lowest BCUT2D eigenvalue weighted by atomic mass is 10.1. The van der Waals surface area contributed by atoms with Crippen molar-refractivity contribution in [3.63, 3.8) is 0 Å². The molecule has 3 aromatic heterocycles. The van der Waals surface area contributed by atoms with Gasteiger partial charge in [0, 0.05) is 52.4 Å². The lowest BCUT2D eigenvalue weighted by Gasteiger charge is -2.36. The van der Waals surface area contributed by atoms with Gasteiger partial charge in [-0.2, -0.15) is 0 Å². The molecular weight excluding hydrogens is 459 g/mol. The van der Waals surface area contributed by atoms with Crippen molar-refractivity contribution in [1.29, 1.82) is 0 Å². The van der Waals surface area contributed by atoms with Gasteiger partial charge in [-0.05, 0) is 44.2 Å². The highest BCUT2D eigenvalue weighted by molar-refractivity contribution is 7.19. The second-order valence-corrected chi connectivity index (χ2v) is 10.4. The van der Waals surface area contributed by atoms with Crippen LogP contribution in [0.3, 0.4) is 0 Å². The van der Waals surface area contributed by atoms with Crippen molar-refractivity contribution in [3.8, 4) is 10.4 Å². The molecule has 0 radical (unpaired) electrons. The zero-order chi connectivity index (χ0) is 23.1. The number of hydrogen-bond donors (Lipinski definition) is 1. The number of thiophene rings is 2. The van der Waals surface area contributed by atoms with Crippen LogP contribution in [-0.2, 0) is 6.54 Å². The van der Waals surface area contributed by atoms with Crippen LogP contribution < -0.4 is 10.5 Å². The Labute approximate surface area is 198 Å². The Kier molecular flexibility index (Phi) is 5.86. The molecule has 1 aliphatic heterocycles. The van der Waals surface area contributed by atoms with Crippen LogP contribution in [0.25, 0.3) is 20.7 Å². The summed E-state index contributed by atoms with van der Waals surface area (Å²) in [6.07, 6.45) is 0. The lowest BCUT2D eigenvalue weighted by Crippen LogP contribution is -2.46. The third-order valence-electron chi connectivity index (χ3n) is 5.94. The number of aromatic nitrogens is 2. The van der Waals surface area contributed by atoms with Crippen LogP contribution in [0.15, 0.2) is 40.5 Å². The van der Waals surface area contributed by atoms with Crippen LogP contribution in [0.1, 0.15) is 28.0 Å². The summed E-state index contributed by atoms with van der Waals surface area (Å²) >= 11 is 3.17. The number of carbonyl (C=O) groups is 1. The minimum absolute atomic E-state index is 0.108. The first-order valence-corrected chi connectivity index (χ1v) is 12.4. The van der Waals surface area contributed by atoms with E-state index in [1.807, 2.05) is 16.3 Å². The molecule has 1 fully saturated rings. The van der Waals surface area contributed by atoms with Gasteiger partial charge in [-0.1, -0.05) is 0 Å². The third kappa shape index (κ3) is 4.36. The predicted octanol–water partition coefficient (Wildman–Crippen LogP) is 4.69. The zero-order valence-corrected chi connectivity index (χ0v) is 20.0. The Morgan fingerprint density at radius 1 is 1.18 bits per heavy atom. The molecule has 1 aliphatic rings. The number of rotatable bonds is 5. The summed E-state index contributed by atoms with van der Waals surface area (Å²) < 4.78 is 14.5. The van der Waals surface area contributed by atoms with Crippen molar-refractivity contribution in [3.05, 3.63) is 68.1 Å². The SMILES string of the molecule is CC(=O)c1ccc(N2CCN(Cc3nc4scc(-c5ccc(C)s5)c4c(=O)[nH]3)CC2)c(F)c1. The largest absolute Gasteiger partial charge is 0.367 e. The smallest absolute Gasteiger partial charge is 0.260 e. The second-order valence-electron chi connectivity index (χ2n) is 8.24. The van der Waals surface area contributed by atoms with E-state index >= 15 is 0 Å². The van der Waals surface area contributed by atoms with Gasteiger partial charge in [0.25, 0.3) is 5.56 Å². The number of ketones is 1. The van der Waals surface area contributed by atoms with Gasteiger partial charge < -0.3 is 9.88 Å². The molecule has 0 spiro atoms. The molecule has 0 atom stereocenters. The Hall–Kier alpha value is -2.88. The van der Waals surface area contributed by atoms with Gasteiger partial charge in [0.05, 0.1) is 17.6 Å². The van der Waals surface area contributed by atoms with E-state index in [0.29, 0.717) is 42.1 Å². The van der Waals surface area contributed by atoms with E-state index in [9.17, 15) is 14.0 Å². The Morgan fingerprint density at radius 2 is 1.97 bits per heavy atom. The Bertz CT molecular complexity index is 1400. The molecule has 1 aromatic carbocycles. The fourth-order valence-electron chi connectivity index (χ4n) is 4.17. The molecule has 33 heavy (non-hydrogen) atoms. The van der Waals surface area contributed by atoms with E-state index < -0.39 is 0 Å². The van der Waals surface area contributed by atoms with E-state index in [2.05, 4.69) is 22.9 Å². The van der Waals surface area contributed by atoms with Gasteiger partial charge in [-0.15, -0.1) is 22.7 Å². The number of hydrogen-bond acceptors (Lipinski definition) is 7. The number of aromatic amines is 1. The molecule has 0 amide bonds. The van der Waals surface area contributed by atoms with Crippen molar-refractivity contribution in [2.24, 2.45) is 0 Å². The third-order valence-corrected chi connectivity index (χ3v) is 7.85.